The lowest BCUT2D eigenvalue weighted by Gasteiger charge is -2.18. The molecule has 37 heavy (non-hydrogen) atoms. The van der Waals surface area contributed by atoms with Gasteiger partial charge < -0.3 is 5.32 Å². The van der Waals surface area contributed by atoms with Gasteiger partial charge in [-0.15, -0.1) is 0 Å². The van der Waals surface area contributed by atoms with Crippen molar-refractivity contribution in [3.63, 3.8) is 0 Å². The number of carbonyl (C=O) groups is 2. The first-order chi connectivity index (χ1) is 17.6. The van der Waals surface area contributed by atoms with E-state index in [2.05, 4.69) is 26.0 Å². The van der Waals surface area contributed by atoms with Gasteiger partial charge in [0.1, 0.15) is 5.69 Å². The van der Waals surface area contributed by atoms with Crippen LogP contribution in [-0.2, 0) is 11.0 Å². The number of carbonyl (C=O) groups excluding carboxylic acids is 2. The van der Waals surface area contributed by atoms with Gasteiger partial charge in [0.05, 0.1) is 16.7 Å². The second-order valence-corrected chi connectivity index (χ2v) is 8.01. The van der Waals surface area contributed by atoms with Gasteiger partial charge in [-0.25, -0.2) is 10.5 Å². The van der Waals surface area contributed by atoms with Crippen molar-refractivity contribution < 1.29 is 22.8 Å². The van der Waals surface area contributed by atoms with E-state index in [-0.39, 0.29) is 27.9 Å². The number of nitrogens with zero attached hydrogens (tertiary/aromatic N) is 2. The van der Waals surface area contributed by atoms with Crippen LogP contribution >= 0.6 is 0 Å². The number of nitrogens with one attached hydrogen (secondary N) is 3. The fourth-order valence-corrected chi connectivity index (χ4v) is 3.61. The lowest BCUT2D eigenvalue weighted by atomic mass is 10.0. The van der Waals surface area contributed by atoms with E-state index in [9.17, 15) is 27.6 Å². The highest BCUT2D eigenvalue weighted by Gasteiger charge is 2.31. The third-order valence-corrected chi connectivity index (χ3v) is 5.51. The summed E-state index contributed by atoms with van der Waals surface area (Å²) in [5.41, 5.74) is 1.54. The predicted molar refractivity (Wildman–Crippen MR) is 131 cm³/mol. The largest absolute Gasteiger partial charge is 0.416 e. The number of benzene rings is 3. The first-order valence-corrected chi connectivity index (χ1v) is 11.0. The van der Waals surface area contributed by atoms with Crippen LogP contribution in [0.15, 0.2) is 88.8 Å². The average Bonchev–Trinajstić information content (AvgIpc) is 2.91. The van der Waals surface area contributed by atoms with Gasteiger partial charge in [0.15, 0.2) is 6.04 Å². The van der Waals surface area contributed by atoms with E-state index in [1.54, 1.807) is 54.6 Å². The second-order valence-electron chi connectivity index (χ2n) is 8.01. The van der Waals surface area contributed by atoms with Gasteiger partial charge in [-0.05, 0) is 42.8 Å². The summed E-state index contributed by atoms with van der Waals surface area (Å²) in [6.07, 6.45) is -4.54. The van der Waals surface area contributed by atoms with Crippen molar-refractivity contribution in [2.45, 2.75) is 19.1 Å². The Labute approximate surface area is 208 Å². The summed E-state index contributed by atoms with van der Waals surface area (Å²) >= 11 is 0. The van der Waals surface area contributed by atoms with Crippen LogP contribution in [0, 0.1) is 0 Å². The third kappa shape index (κ3) is 5.72. The summed E-state index contributed by atoms with van der Waals surface area (Å²) in [6.45, 7) is 1.43. The number of H-pyrrole nitrogens is 1. The van der Waals surface area contributed by atoms with E-state index in [0.29, 0.717) is 5.39 Å². The maximum absolute atomic E-state index is 13.3. The van der Waals surface area contributed by atoms with Gasteiger partial charge >= 0.3 is 6.18 Å². The maximum atomic E-state index is 13.3. The molecule has 0 aliphatic carbocycles. The molecule has 4 aromatic rings. The van der Waals surface area contributed by atoms with Crippen molar-refractivity contribution in [2.75, 3.05) is 0 Å². The number of hydrogen-bond acceptors (Lipinski definition) is 5. The van der Waals surface area contributed by atoms with Crippen LogP contribution in [0.2, 0.25) is 0 Å². The number of amides is 2. The zero-order chi connectivity index (χ0) is 26.6. The average molecular weight is 507 g/mol. The minimum absolute atomic E-state index is 0.0592. The fourth-order valence-electron chi connectivity index (χ4n) is 3.61. The van der Waals surface area contributed by atoms with Crippen molar-refractivity contribution >= 4 is 28.3 Å². The smallest absolute Gasteiger partial charge is 0.335 e. The Morgan fingerprint density at radius 1 is 0.919 bits per heavy atom. The van der Waals surface area contributed by atoms with Crippen LogP contribution in [0.5, 0.6) is 0 Å². The molecule has 1 heterocycles. The Kier molecular flexibility index (Phi) is 7.14. The van der Waals surface area contributed by atoms with Crippen molar-refractivity contribution in [1.82, 2.24) is 20.9 Å². The zero-order valence-electron chi connectivity index (χ0n) is 19.3. The molecule has 0 fully saturated rings. The van der Waals surface area contributed by atoms with Crippen LogP contribution in [0.4, 0.5) is 13.2 Å². The normalized spacial score (nSPS) is 12.7. The number of fused-ring (bicyclic) bond motifs is 1. The quantitative estimate of drug-likeness (QED) is 0.271. The Balaban J connectivity index is 1.68. The van der Waals surface area contributed by atoms with Crippen molar-refractivity contribution in [3.8, 4) is 0 Å². The summed E-state index contributed by atoms with van der Waals surface area (Å²) < 4.78 is 39.2. The van der Waals surface area contributed by atoms with Crippen molar-refractivity contribution in [3.05, 3.63) is 112 Å². The minimum Gasteiger partial charge on any atom is -0.335 e. The number of halogens is 3. The second kappa shape index (κ2) is 10.4. The van der Waals surface area contributed by atoms with E-state index >= 15 is 0 Å². The van der Waals surface area contributed by atoms with Crippen molar-refractivity contribution in [2.24, 2.45) is 5.10 Å². The number of alkyl halides is 3. The molecule has 8 nitrogen and oxygen atoms in total. The lowest BCUT2D eigenvalue weighted by molar-refractivity contribution is -0.137. The van der Waals surface area contributed by atoms with Gasteiger partial charge in [0.2, 0.25) is 0 Å². The molecule has 2 amide bonds. The molecule has 11 heteroatoms. The molecule has 1 unspecified atom stereocenters. The van der Waals surface area contributed by atoms with Gasteiger partial charge in [-0.1, -0.05) is 48.5 Å². The molecule has 1 aromatic heterocycles. The van der Waals surface area contributed by atoms with Crippen LogP contribution in [0.25, 0.3) is 10.8 Å². The van der Waals surface area contributed by atoms with E-state index < -0.39 is 35.2 Å². The SMILES string of the molecule is CC(=NNC(=O)C(NC(=O)c1ccccc1)c1n[nH]c(=O)c2ccccc12)c1cccc(C(F)(F)F)c1. The number of hydrazone groups is 1. The van der Waals surface area contributed by atoms with Crippen LogP contribution in [0.1, 0.15) is 40.1 Å². The highest BCUT2D eigenvalue weighted by molar-refractivity contribution is 6.01. The fraction of sp³-hybridized carbons (Fsp3) is 0.115. The Morgan fingerprint density at radius 3 is 2.27 bits per heavy atom. The van der Waals surface area contributed by atoms with Crippen LogP contribution in [-0.4, -0.2) is 27.7 Å². The Hall–Kier alpha value is -4.80. The standard InChI is InChI=1S/C26H20F3N5O3/c1-15(17-10-7-11-18(14-17)26(27,28)29)31-34-25(37)22(30-23(35)16-8-3-2-4-9-16)21-19-12-5-6-13-20(19)24(36)33-32-21/h2-14,22H,1H3,(H,30,35)(H,33,36)(H,34,37). The topological polar surface area (TPSA) is 116 Å². The maximum Gasteiger partial charge on any atom is 0.416 e. The molecular formula is C26H20F3N5O3. The highest BCUT2D eigenvalue weighted by Crippen LogP contribution is 2.29. The molecule has 0 saturated heterocycles. The molecule has 3 N–H and O–H groups in total. The molecule has 0 aliphatic rings. The Bertz CT molecular complexity index is 1550. The molecule has 0 aliphatic heterocycles. The molecule has 1 atom stereocenters. The summed E-state index contributed by atoms with van der Waals surface area (Å²) in [6, 6.07) is 17.7. The van der Waals surface area contributed by atoms with Gasteiger partial charge in [0, 0.05) is 10.9 Å². The zero-order valence-corrected chi connectivity index (χ0v) is 19.3. The molecule has 188 valence electrons. The molecule has 4 rings (SSSR count). The number of aromatic amines is 1. The van der Waals surface area contributed by atoms with Crippen molar-refractivity contribution in [1.29, 1.82) is 0 Å². The van der Waals surface area contributed by atoms with E-state index in [4.69, 9.17) is 0 Å². The summed E-state index contributed by atoms with van der Waals surface area (Å²) in [4.78, 5) is 38.4. The summed E-state index contributed by atoms with van der Waals surface area (Å²) in [7, 11) is 0. The van der Waals surface area contributed by atoms with Gasteiger partial charge in [0.25, 0.3) is 17.4 Å². The molecule has 0 saturated carbocycles. The first kappa shape index (κ1) is 25.3. The third-order valence-electron chi connectivity index (χ3n) is 5.51. The Morgan fingerprint density at radius 2 is 1.57 bits per heavy atom. The van der Waals surface area contributed by atoms with E-state index in [1.807, 2.05) is 0 Å². The number of aromatic nitrogens is 2. The number of rotatable bonds is 6. The molecule has 3 aromatic carbocycles. The predicted octanol–water partition coefficient (Wildman–Crippen LogP) is 3.95. The molecule has 0 radical (unpaired) electrons. The molecule has 0 spiro atoms. The first-order valence-electron chi connectivity index (χ1n) is 11.0. The summed E-state index contributed by atoms with van der Waals surface area (Å²) in [5.74, 6) is -1.41. The van der Waals surface area contributed by atoms with E-state index in [1.165, 1.54) is 19.1 Å². The minimum atomic E-state index is -4.54. The summed E-state index contributed by atoms with van der Waals surface area (Å²) in [5, 5.41) is 13.5. The monoisotopic (exact) mass is 507 g/mol. The van der Waals surface area contributed by atoms with E-state index in [0.717, 1.165) is 12.1 Å². The number of hydrogen-bond donors (Lipinski definition) is 3. The molecular weight excluding hydrogens is 487 g/mol. The van der Waals surface area contributed by atoms with Crippen LogP contribution in [0.3, 0.4) is 0 Å². The van der Waals surface area contributed by atoms with Gasteiger partial charge in [-0.2, -0.15) is 23.4 Å². The molecule has 0 bridgehead atoms. The lowest BCUT2D eigenvalue weighted by Crippen LogP contribution is -2.40. The van der Waals surface area contributed by atoms with Gasteiger partial charge in [-0.3, -0.25) is 14.4 Å². The highest BCUT2D eigenvalue weighted by atomic mass is 19.4. The van der Waals surface area contributed by atoms with Crippen LogP contribution < -0.4 is 16.3 Å².